The number of carboxylic acid groups (broad SMARTS) is 1. The number of carbonyl (C=O) groups excluding carboxylic acids is 1. The van der Waals surface area contributed by atoms with Crippen LogP contribution in [0.25, 0.3) is 5.69 Å². The van der Waals surface area contributed by atoms with Crippen molar-refractivity contribution in [3.8, 4) is 22.9 Å². The van der Waals surface area contributed by atoms with Crippen molar-refractivity contribution in [1.82, 2.24) is 9.99 Å². The Morgan fingerprint density at radius 3 is 2.39 bits per heavy atom. The topological polar surface area (TPSA) is 125 Å². The lowest BCUT2D eigenvalue weighted by Crippen LogP contribution is -2.23. The minimum atomic E-state index is -1.12. The van der Waals surface area contributed by atoms with Crippen molar-refractivity contribution in [3.05, 3.63) is 92.0 Å². The molecule has 10 nitrogen and oxygen atoms in total. The number of aryl methyl sites for hydroxylation is 2. The van der Waals surface area contributed by atoms with Gasteiger partial charge in [-0.1, -0.05) is 0 Å². The number of rotatable bonds is 11. The number of hydrogen-bond acceptors (Lipinski definition) is 7. The first kappa shape index (κ1) is 29.9. The predicted molar refractivity (Wildman–Crippen MR) is 159 cm³/mol. The molecule has 2 aromatic carbocycles. The molecule has 2 aromatic heterocycles. The number of carbonyl (C=O) groups is 2. The molecule has 0 aliphatic heterocycles. The third-order valence-electron chi connectivity index (χ3n) is 6.02. The van der Waals surface area contributed by atoms with Gasteiger partial charge >= 0.3 is 11.9 Å². The summed E-state index contributed by atoms with van der Waals surface area (Å²) in [5.41, 5.74) is 6.30. The highest BCUT2D eigenvalue weighted by molar-refractivity contribution is 9.13. The molecule has 0 aliphatic carbocycles. The maximum atomic E-state index is 12.6. The summed E-state index contributed by atoms with van der Waals surface area (Å²) in [5, 5.41) is 13.2. The van der Waals surface area contributed by atoms with Crippen molar-refractivity contribution >= 4 is 50.0 Å². The van der Waals surface area contributed by atoms with Gasteiger partial charge in [-0.3, -0.25) is 4.79 Å². The van der Waals surface area contributed by atoms with Gasteiger partial charge in [0.15, 0.2) is 23.4 Å². The van der Waals surface area contributed by atoms with E-state index in [9.17, 15) is 9.59 Å². The molecule has 0 spiro atoms. The summed E-state index contributed by atoms with van der Waals surface area (Å²) in [7, 11) is 1.43. The summed E-state index contributed by atoms with van der Waals surface area (Å²) in [5.74, 6) is 0.0326. The van der Waals surface area contributed by atoms with Crippen LogP contribution in [0.3, 0.4) is 0 Å². The Labute approximate surface area is 253 Å². The fourth-order valence-electron chi connectivity index (χ4n) is 3.90. The van der Waals surface area contributed by atoms with Gasteiger partial charge in [-0.25, -0.2) is 10.2 Å². The Kier molecular flexibility index (Phi) is 9.56. The van der Waals surface area contributed by atoms with Crippen molar-refractivity contribution in [2.24, 2.45) is 5.10 Å². The van der Waals surface area contributed by atoms with E-state index in [0.29, 0.717) is 26.0 Å². The molecule has 4 aromatic rings. The first-order valence-electron chi connectivity index (χ1n) is 12.3. The predicted octanol–water partition coefficient (Wildman–Crippen LogP) is 6.42. The Morgan fingerprint density at radius 1 is 1.07 bits per heavy atom. The van der Waals surface area contributed by atoms with Gasteiger partial charge in [-0.2, -0.15) is 5.10 Å². The molecule has 2 N–H and O–H groups in total. The molecule has 41 heavy (non-hydrogen) atoms. The average molecular weight is 689 g/mol. The van der Waals surface area contributed by atoms with Gasteiger partial charge in [0.2, 0.25) is 0 Å². The summed E-state index contributed by atoms with van der Waals surface area (Å²) >= 11 is 6.81. The van der Waals surface area contributed by atoms with Crippen molar-refractivity contribution < 1.29 is 33.3 Å². The standard InChI is InChI=1S/C29H27Br2N3O7/c1-16-5-6-17(2)34(16)20-7-9-21(10-8-20)39-15-22-11-12-23(41-22)28(35)33-32-14-19-13-24(38-4)27(26(31)25(19)30)40-18(3)29(36)37/h5-14,18H,15H2,1-4H3,(H,33,35)(H,36,37)/b32-14+/t18-/m1/s1. The van der Waals surface area contributed by atoms with Crippen LogP contribution in [0.4, 0.5) is 0 Å². The van der Waals surface area contributed by atoms with E-state index in [1.165, 1.54) is 26.3 Å². The number of aromatic nitrogens is 1. The zero-order chi connectivity index (χ0) is 29.7. The van der Waals surface area contributed by atoms with Crippen LogP contribution < -0.4 is 19.6 Å². The maximum absolute atomic E-state index is 12.6. The van der Waals surface area contributed by atoms with Crippen LogP contribution in [-0.2, 0) is 11.4 Å². The largest absolute Gasteiger partial charge is 0.493 e. The number of halogens is 2. The monoisotopic (exact) mass is 687 g/mol. The van der Waals surface area contributed by atoms with Crippen LogP contribution >= 0.6 is 31.9 Å². The first-order chi connectivity index (χ1) is 19.6. The number of benzene rings is 2. The second-order valence-corrected chi connectivity index (χ2v) is 10.5. The van der Waals surface area contributed by atoms with E-state index >= 15 is 0 Å². The van der Waals surface area contributed by atoms with Gasteiger partial charge in [-0.05, 0) is 107 Å². The fraction of sp³-hybridized carbons (Fsp3) is 0.207. The van der Waals surface area contributed by atoms with Crippen molar-refractivity contribution in [1.29, 1.82) is 0 Å². The summed E-state index contributed by atoms with van der Waals surface area (Å²) in [6.07, 6.45) is 0.298. The molecule has 0 saturated carbocycles. The summed E-state index contributed by atoms with van der Waals surface area (Å²) in [6.45, 7) is 5.67. The van der Waals surface area contributed by atoms with Crippen LogP contribution in [0.5, 0.6) is 17.2 Å². The molecule has 0 radical (unpaired) electrons. The van der Waals surface area contributed by atoms with E-state index in [4.69, 9.17) is 23.7 Å². The molecule has 214 valence electrons. The van der Waals surface area contributed by atoms with E-state index in [-0.39, 0.29) is 23.9 Å². The molecule has 0 aliphatic rings. The second-order valence-electron chi connectivity index (χ2n) is 8.92. The minimum Gasteiger partial charge on any atom is -0.493 e. The van der Waals surface area contributed by atoms with Gasteiger partial charge in [0.25, 0.3) is 0 Å². The van der Waals surface area contributed by atoms with Crippen LogP contribution in [0.15, 0.2) is 73.1 Å². The third-order valence-corrected chi connectivity index (χ3v) is 8.16. The van der Waals surface area contributed by atoms with E-state index in [2.05, 4.69) is 72.9 Å². The molecule has 0 fully saturated rings. The number of amides is 1. The molecule has 2 heterocycles. The van der Waals surface area contributed by atoms with E-state index in [1.54, 1.807) is 12.1 Å². The fourth-order valence-corrected chi connectivity index (χ4v) is 4.82. The van der Waals surface area contributed by atoms with Crippen LogP contribution in [-0.4, -0.2) is 41.0 Å². The smallest absolute Gasteiger partial charge is 0.344 e. The van der Waals surface area contributed by atoms with Gasteiger partial charge < -0.3 is 28.3 Å². The highest BCUT2D eigenvalue weighted by Gasteiger charge is 2.21. The van der Waals surface area contributed by atoms with Crippen molar-refractivity contribution in [2.75, 3.05) is 7.11 Å². The number of aliphatic carboxylic acids is 1. The lowest BCUT2D eigenvalue weighted by Gasteiger charge is -2.17. The highest BCUT2D eigenvalue weighted by atomic mass is 79.9. The number of nitrogens with one attached hydrogen (secondary N) is 1. The van der Waals surface area contributed by atoms with Crippen LogP contribution in [0, 0.1) is 13.8 Å². The lowest BCUT2D eigenvalue weighted by molar-refractivity contribution is -0.144. The maximum Gasteiger partial charge on any atom is 0.344 e. The Balaban J connectivity index is 1.36. The Hall–Kier alpha value is -4.03. The number of hydrazone groups is 1. The van der Waals surface area contributed by atoms with Gasteiger partial charge in [0.05, 0.1) is 17.8 Å². The summed E-state index contributed by atoms with van der Waals surface area (Å²) in [4.78, 5) is 23.7. The quantitative estimate of drug-likeness (QED) is 0.138. The van der Waals surface area contributed by atoms with Gasteiger partial charge in [0.1, 0.15) is 18.1 Å². The number of carboxylic acids is 1. The molecule has 1 atom stereocenters. The van der Waals surface area contributed by atoms with E-state index in [0.717, 1.165) is 17.1 Å². The Bertz CT molecular complexity index is 1570. The highest BCUT2D eigenvalue weighted by Crippen LogP contribution is 2.42. The number of methoxy groups -OCH3 is 1. The number of nitrogens with zero attached hydrogens (tertiary/aromatic N) is 2. The lowest BCUT2D eigenvalue weighted by atomic mass is 10.2. The first-order valence-corrected chi connectivity index (χ1v) is 13.9. The minimum absolute atomic E-state index is 0.0684. The number of hydrogen-bond donors (Lipinski definition) is 2. The summed E-state index contributed by atoms with van der Waals surface area (Å²) in [6, 6.07) is 16.7. The molecular weight excluding hydrogens is 662 g/mol. The SMILES string of the molecule is COc1cc(/C=N/NC(=O)c2ccc(COc3ccc(-n4c(C)ccc4C)cc3)o2)c(Br)c(Br)c1O[C@H](C)C(=O)O. The van der Waals surface area contributed by atoms with Gasteiger partial charge in [0, 0.05) is 27.1 Å². The van der Waals surface area contributed by atoms with Crippen LogP contribution in [0.2, 0.25) is 0 Å². The Morgan fingerprint density at radius 2 is 1.76 bits per heavy atom. The molecular formula is C29H27Br2N3O7. The number of ether oxygens (including phenoxy) is 3. The van der Waals surface area contributed by atoms with E-state index < -0.39 is 18.0 Å². The van der Waals surface area contributed by atoms with Crippen LogP contribution in [0.1, 0.15) is 40.2 Å². The molecule has 0 unspecified atom stereocenters. The van der Waals surface area contributed by atoms with Crippen molar-refractivity contribution in [2.45, 2.75) is 33.5 Å². The van der Waals surface area contributed by atoms with Crippen molar-refractivity contribution in [3.63, 3.8) is 0 Å². The zero-order valence-corrected chi connectivity index (χ0v) is 25.8. The molecule has 0 bridgehead atoms. The average Bonchev–Trinajstić information content (AvgIpc) is 3.57. The second kappa shape index (κ2) is 13.1. The third kappa shape index (κ3) is 7.01. The number of furan rings is 1. The van der Waals surface area contributed by atoms with E-state index in [1.807, 2.05) is 24.3 Å². The molecule has 4 rings (SSSR count). The normalized spacial score (nSPS) is 11.9. The molecule has 0 saturated heterocycles. The van der Waals surface area contributed by atoms with Gasteiger partial charge in [-0.15, -0.1) is 0 Å². The molecule has 12 heteroatoms. The zero-order valence-electron chi connectivity index (χ0n) is 22.6. The summed E-state index contributed by atoms with van der Waals surface area (Å²) < 4.78 is 25.4. The molecule has 1 amide bonds.